The zero-order valence-corrected chi connectivity index (χ0v) is 21.8. The van der Waals surface area contributed by atoms with Gasteiger partial charge in [-0.1, -0.05) is 32.9 Å². The number of hydrogen-bond donors (Lipinski definition) is 1. The highest BCUT2D eigenvalue weighted by Gasteiger charge is 2.28. The van der Waals surface area contributed by atoms with Gasteiger partial charge in [-0.2, -0.15) is 5.26 Å². The third-order valence-corrected chi connectivity index (χ3v) is 8.25. The summed E-state index contributed by atoms with van der Waals surface area (Å²) in [5.41, 5.74) is 2.09. The van der Waals surface area contributed by atoms with Gasteiger partial charge in [0, 0.05) is 12.8 Å². The molecule has 7 nitrogen and oxygen atoms in total. The number of nitrogens with one attached hydrogen (secondary N) is 1. The molecule has 0 aliphatic carbocycles. The first-order valence-electron chi connectivity index (χ1n) is 11.1. The van der Waals surface area contributed by atoms with Gasteiger partial charge < -0.3 is 4.74 Å². The lowest BCUT2D eigenvalue weighted by Crippen LogP contribution is -2.34. The van der Waals surface area contributed by atoms with Crippen molar-refractivity contribution in [2.45, 2.75) is 37.0 Å². The Morgan fingerprint density at radius 2 is 1.63 bits per heavy atom. The van der Waals surface area contributed by atoms with Crippen LogP contribution in [0.3, 0.4) is 0 Å². The number of ether oxygens (including phenoxy) is 1. The van der Waals surface area contributed by atoms with Crippen LogP contribution in [0.2, 0.25) is 0 Å². The van der Waals surface area contributed by atoms with Crippen LogP contribution in [-0.4, -0.2) is 25.4 Å². The highest BCUT2D eigenvalue weighted by Crippen LogP contribution is 2.34. The van der Waals surface area contributed by atoms with E-state index in [1.54, 1.807) is 36.4 Å². The van der Waals surface area contributed by atoms with E-state index < -0.39 is 19.8 Å². The maximum absolute atomic E-state index is 13.7. The van der Waals surface area contributed by atoms with Crippen LogP contribution >= 0.6 is 0 Å². The molecular formula is C26H29N3O4S2. The van der Waals surface area contributed by atoms with Crippen LogP contribution in [0.4, 0.5) is 5.69 Å². The Morgan fingerprint density at radius 3 is 2.14 bits per heavy atom. The third kappa shape index (κ3) is 6.21. The van der Waals surface area contributed by atoms with E-state index in [0.717, 1.165) is 12.0 Å². The maximum Gasteiger partial charge on any atom is 0.264 e. The van der Waals surface area contributed by atoms with Gasteiger partial charge in [0.1, 0.15) is 11.5 Å². The van der Waals surface area contributed by atoms with E-state index in [1.165, 1.54) is 28.8 Å². The van der Waals surface area contributed by atoms with Gasteiger partial charge in [0.05, 0.1) is 36.8 Å². The van der Waals surface area contributed by atoms with Crippen LogP contribution in [-0.2, 0) is 26.2 Å². The molecule has 1 unspecified atom stereocenters. The molecular weight excluding hydrogens is 482 g/mol. The van der Waals surface area contributed by atoms with Crippen LogP contribution in [0.25, 0.3) is 0 Å². The lowest BCUT2D eigenvalue weighted by atomic mass is 10.1. The quantitative estimate of drug-likeness (QED) is 0.390. The maximum atomic E-state index is 13.7. The Balaban J connectivity index is 2.07. The van der Waals surface area contributed by atoms with Gasteiger partial charge in [0.2, 0.25) is 0 Å². The summed E-state index contributed by atoms with van der Waals surface area (Å²) >= 11 is 0. The standard InChI is InChI=1S/C26H29N3O4S2/c1-5-20-6-10-22(11-7-20)29(18-19(2)3)35(31,32)24-14-15-25(26(16-24)34(4,28)30)33-23-12-8-21(17-27)9-13-23/h6-16,19,28H,5,18H2,1-4H3. The molecule has 0 heterocycles. The Hall–Kier alpha value is -3.35. The summed E-state index contributed by atoms with van der Waals surface area (Å²) < 4.78 is 55.6. The minimum absolute atomic E-state index is 0.0197. The molecule has 0 radical (unpaired) electrons. The van der Waals surface area contributed by atoms with E-state index in [-0.39, 0.29) is 28.0 Å². The van der Waals surface area contributed by atoms with E-state index in [9.17, 15) is 12.6 Å². The Morgan fingerprint density at radius 1 is 1.00 bits per heavy atom. The van der Waals surface area contributed by atoms with E-state index in [4.69, 9.17) is 14.8 Å². The monoisotopic (exact) mass is 511 g/mol. The molecule has 3 aromatic rings. The van der Waals surface area contributed by atoms with E-state index in [1.807, 2.05) is 39.0 Å². The van der Waals surface area contributed by atoms with Gasteiger partial charge in [0.15, 0.2) is 0 Å². The van der Waals surface area contributed by atoms with E-state index >= 15 is 0 Å². The molecule has 0 bridgehead atoms. The van der Waals surface area contributed by atoms with E-state index in [0.29, 0.717) is 17.0 Å². The second-order valence-electron chi connectivity index (χ2n) is 8.64. The Bertz CT molecular complexity index is 1440. The number of hydrogen-bond acceptors (Lipinski definition) is 6. The summed E-state index contributed by atoms with van der Waals surface area (Å²) in [4.78, 5) is -0.0875. The van der Waals surface area contributed by atoms with E-state index in [2.05, 4.69) is 0 Å². The molecule has 0 spiro atoms. The van der Waals surface area contributed by atoms with Crippen LogP contribution in [0.1, 0.15) is 31.9 Å². The molecule has 3 aromatic carbocycles. The summed E-state index contributed by atoms with van der Waals surface area (Å²) in [5.74, 6) is 0.557. The fourth-order valence-electron chi connectivity index (χ4n) is 3.46. The molecule has 0 aliphatic heterocycles. The van der Waals surface area contributed by atoms with Crippen molar-refractivity contribution < 1.29 is 17.4 Å². The Kier molecular flexibility index (Phi) is 7.88. The molecule has 0 aliphatic rings. The average Bonchev–Trinajstić information content (AvgIpc) is 2.82. The zero-order valence-electron chi connectivity index (χ0n) is 20.2. The molecule has 1 atom stereocenters. The number of rotatable bonds is 9. The normalized spacial score (nSPS) is 13.1. The largest absolute Gasteiger partial charge is 0.456 e. The summed E-state index contributed by atoms with van der Waals surface area (Å²) in [7, 11) is -7.35. The van der Waals surface area contributed by atoms with Crippen molar-refractivity contribution in [1.82, 2.24) is 0 Å². The summed E-state index contributed by atoms with van der Waals surface area (Å²) in [6, 6.07) is 19.8. The van der Waals surface area contributed by atoms with Gasteiger partial charge >= 0.3 is 0 Å². The van der Waals surface area contributed by atoms with Crippen LogP contribution in [0.15, 0.2) is 76.5 Å². The second-order valence-corrected chi connectivity index (χ2v) is 12.6. The molecule has 0 saturated carbocycles. The van der Waals surface area contributed by atoms with Crippen molar-refractivity contribution in [2.75, 3.05) is 17.1 Å². The molecule has 0 amide bonds. The van der Waals surface area contributed by atoms with Crippen LogP contribution in [0, 0.1) is 22.0 Å². The first kappa shape index (κ1) is 26.3. The topological polar surface area (TPSA) is 111 Å². The highest BCUT2D eigenvalue weighted by molar-refractivity contribution is 7.93. The number of aryl methyl sites for hydroxylation is 1. The molecule has 1 N–H and O–H groups in total. The fourth-order valence-corrected chi connectivity index (χ4v) is 6.04. The van der Waals surface area contributed by atoms with Crippen molar-refractivity contribution in [3.8, 4) is 17.6 Å². The SMILES string of the molecule is CCc1ccc(N(CC(C)C)S(=O)(=O)c2ccc(Oc3ccc(C#N)cc3)c(S(C)(=N)=O)c2)cc1. The molecule has 9 heteroatoms. The molecule has 0 aromatic heterocycles. The number of nitriles is 1. The number of sulfonamides is 1. The average molecular weight is 512 g/mol. The molecule has 0 fully saturated rings. The zero-order chi connectivity index (χ0) is 25.8. The summed E-state index contributed by atoms with van der Waals surface area (Å²) in [5, 5.41) is 8.97. The molecule has 35 heavy (non-hydrogen) atoms. The number of benzene rings is 3. The molecule has 0 saturated heterocycles. The second kappa shape index (κ2) is 10.5. The predicted molar refractivity (Wildman–Crippen MR) is 138 cm³/mol. The first-order valence-corrected chi connectivity index (χ1v) is 14.5. The molecule has 184 valence electrons. The van der Waals surface area contributed by atoms with Crippen molar-refractivity contribution >= 4 is 25.4 Å². The van der Waals surface area contributed by atoms with Crippen molar-refractivity contribution in [1.29, 1.82) is 10.0 Å². The summed E-state index contributed by atoms with van der Waals surface area (Å²) in [6.45, 7) is 6.16. The van der Waals surface area contributed by atoms with Gasteiger partial charge in [-0.25, -0.2) is 17.4 Å². The highest BCUT2D eigenvalue weighted by atomic mass is 32.2. The summed E-state index contributed by atoms with van der Waals surface area (Å²) in [6.07, 6.45) is 2.06. The lowest BCUT2D eigenvalue weighted by molar-refractivity contribution is 0.468. The lowest BCUT2D eigenvalue weighted by Gasteiger charge is -2.27. The van der Waals surface area contributed by atoms with Gasteiger partial charge in [-0.15, -0.1) is 0 Å². The predicted octanol–water partition coefficient (Wildman–Crippen LogP) is 5.80. The van der Waals surface area contributed by atoms with Crippen molar-refractivity contribution in [2.24, 2.45) is 5.92 Å². The number of nitrogens with zero attached hydrogens (tertiary/aromatic N) is 2. The smallest absolute Gasteiger partial charge is 0.264 e. The first-order chi connectivity index (χ1) is 16.5. The third-order valence-electron chi connectivity index (χ3n) is 5.30. The van der Waals surface area contributed by atoms with Gasteiger partial charge in [0.25, 0.3) is 10.0 Å². The number of anilines is 1. The van der Waals surface area contributed by atoms with Gasteiger partial charge in [-0.3, -0.25) is 4.31 Å². The van der Waals surface area contributed by atoms with Gasteiger partial charge in [-0.05, 0) is 72.5 Å². The van der Waals surface area contributed by atoms with Crippen molar-refractivity contribution in [3.05, 3.63) is 77.9 Å². The molecule has 3 rings (SSSR count). The fraction of sp³-hybridized carbons (Fsp3) is 0.269. The van der Waals surface area contributed by atoms with Crippen LogP contribution in [0.5, 0.6) is 11.5 Å². The minimum atomic E-state index is -4.02. The Labute approximate surface area is 208 Å². The minimum Gasteiger partial charge on any atom is -0.456 e. The van der Waals surface area contributed by atoms with Crippen molar-refractivity contribution in [3.63, 3.8) is 0 Å². The van der Waals surface area contributed by atoms with Crippen LogP contribution < -0.4 is 9.04 Å².